The normalized spacial score (nSPS) is 10.1. The number of carbonyl (C=O) groups is 3. The minimum atomic E-state index is -0.262. The van der Waals surface area contributed by atoms with E-state index < -0.39 is 0 Å². The van der Waals surface area contributed by atoms with Crippen LogP contribution in [0, 0.1) is 6.92 Å². The maximum Gasteiger partial charge on any atom is 0.261 e. The fraction of sp³-hybridized carbons (Fsp3) is 0.235. The summed E-state index contributed by atoms with van der Waals surface area (Å²) in [6.45, 7) is 3.65. The van der Waals surface area contributed by atoms with Crippen LogP contribution in [0.1, 0.15) is 27.0 Å². The Kier molecular flexibility index (Phi) is 6.08. The Morgan fingerprint density at radius 1 is 1.00 bits per heavy atom. The van der Waals surface area contributed by atoms with Gasteiger partial charge in [0.15, 0.2) is 0 Å². The van der Waals surface area contributed by atoms with Crippen molar-refractivity contribution < 1.29 is 14.4 Å². The van der Waals surface area contributed by atoms with E-state index in [2.05, 4.69) is 16.0 Å². The Balaban J connectivity index is 1.74. The van der Waals surface area contributed by atoms with Gasteiger partial charge in [-0.1, -0.05) is 12.1 Å². The van der Waals surface area contributed by atoms with E-state index in [0.29, 0.717) is 17.1 Å². The molecule has 2 aromatic rings. The van der Waals surface area contributed by atoms with Crippen molar-refractivity contribution in [3.8, 4) is 0 Å². The SMILES string of the molecule is CC(=O)Nc1ccc(CNC(=O)CNC(=O)c2ccc(C)s2)cc1. The van der Waals surface area contributed by atoms with Crippen LogP contribution in [0.15, 0.2) is 36.4 Å². The van der Waals surface area contributed by atoms with Crippen LogP contribution < -0.4 is 16.0 Å². The van der Waals surface area contributed by atoms with Gasteiger partial charge in [-0.05, 0) is 36.8 Å². The largest absolute Gasteiger partial charge is 0.350 e. The Morgan fingerprint density at radius 3 is 2.29 bits per heavy atom. The predicted octanol–water partition coefficient (Wildman–Crippen LogP) is 2.06. The van der Waals surface area contributed by atoms with Crippen LogP contribution in [-0.2, 0) is 16.1 Å². The fourth-order valence-corrected chi connectivity index (χ4v) is 2.76. The molecule has 0 aliphatic carbocycles. The van der Waals surface area contributed by atoms with E-state index in [0.717, 1.165) is 10.4 Å². The Labute approximate surface area is 144 Å². The van der Waals surface area contributed by atoms with E-state index >= 15 is 0 Å². The summed E-state index contributed by atoms with van der Waals surface area (Å²) in [4.78, 5) is 36.2. The van der Waals surface area contributed by atoms with Crippen molar-refractivity contribution in [2.45, 2.75) is 20.4 Å². The number of hydrogen-bond acceptors (Lipinski definition) is 4. The summed E-state index contributed by atoms with van der Waals surface area (Å²) in [5.74, 6) is -0.641. The summed E-state index contributed by atoms with van der Waals surface area (Å²) >= 11 is 1.39. The highest BCUT2D eigenvalue weighted by Gasteiger charge is 2.09. The lowest BCUT2D eigenvalue weighted by Crippen LogP contribution is -2.36. The van der Waals surface area contributed by atoms with E-state index in [-0.39, 0.29) is 24.3 Å². The van der Waals surface area contributed by atoms with Gasteiger partial charge in [0.1, 0.15) is 0 Å². The average Bonchev–Trinajstić information content (AvgIpc) is 2.98. The van der Waals surface area contributed by atoms with Crippen molar-refractivity contribution in [1.29, 1.82) is 0 Å². The molecule has 0 aliphatic heterocycles. The van der Waals surface area contributed by atoms with Crippen molar-refractivity contribution in [2.24, 2.45) is 0 Å². The van der Waals surface area contributed by atoms with Crippen molar-refractivity contribution >= 4 is 34.7 Å². The number of amides is 3. The molecule has 0 bridgehead atoms. The van der Waals surface area contributed by atoms with E-state index in [9.17, 15) is 14.4 Å². The van der Waals surface area contributed by atoms with Gasteiger partial charge < -0.3 is 16.0 Å². The summed E-state index contributed by atoms with van der Waals surface area (Å²) < 4.78 is 0. The van der Waals surface area contributed by atoms with Crippen molar-refractivity contribution in [2.75, 3.05) is 11.9 Å². The van der Waals surface area contributed by atoms with Crippen LogP contribution in [0.25, 0.3) is 0 Å². The van der Waals surface area contributed by atoms with Gasteiger partial charge in [0.25, 0.3) is 5.91 Å². The number of anilines is 1. The van der Waals surface area contributed by atoms with Gasteiger partial charge in [-0.15, -0.1) is 11.3 Å². The average molecular weight is 345 g/mol. The van der Waals surface area contributed by atoms with Gasteiger partial charge in [0, 0.05) is 24.0 Å². The number of hydrogen-bond donors (Lipinski definition) is 3. The summed E-state index contributed by atoms with van der Waals surface area (Å²) in [5, 5.41) is 8.00. The quantitative estimate of drug-likeness (QED) is 0.749. The fourth-order valence-electron chi connectivity index (χ4n) is 1.98. The third kappa shape index (κ3) is 5.51. The monoisotopic (exact) mass is 345 g/mol. The third-order valence-corrected chi connectivity index (χ3v) is 4.14. The molecule has 0 spiro atoms. The first-order valence-corrected chi connectivity index (χ1v) is 8.23. The second-order valence-corrected chi connectivity index (χ2v) is 6.54. The number of aryl methyl sites for hydroxylation is 1. The Hall–Kier alpha value is -2.67. The first-order chi connectivity index (χ1) is 11.4. The second kappa shape index (κ2) is 8.26. The number of benzene rings is 1. The number of carbonyl (C=O) groups excluding carboxylic acids is 3. The molecule has 126 valence electrons. The highest BCUT2D eigenvalue weighted by atomic mass is 32.1. The molecule has 24 heavy (non-hydrogen) atoms. The third-order valence-electron chi connectivity index (χ3n) is 3.14. The topological polar surface area (TPSA) is 87.3 Å². The molecule has 6 nitrogen and oxygen atoms in total. The van der Waals surface area contributed by atoms with Crippen molar-refractivity contribution in [1.82, 2.24) is 10.6 Å². The van der Waals surface area contributed by atoms with Crippen LogP contribution in [0.2, 0.25) is 0 Å². The van der Waals surface area contributed by atoms with Gasteiger partial charge in [-0.2, -0.15) is 0 Å². The minimum absolute atomic E-state index is 0.0697. The molecule has 3 N–H and O–H groups in total. The first kappa shape index (κ1) is 17.7. The van der Waals surface area contributed by atoms with Crippen LogP contribution in [0.5, 0.6) is 0 Å². The molecule has 0 atom stereocenters. The molecule has 0 saturated carbocycles. The van der Waals surface area contributed by atoms with Gasteiger partial charge in [-0.3, -0.25) is 14.4 Å². The second-order valence-electron chi connectivity index (χ2n) is 5.25. The van der Waals surface area contributed by atoms with Gasteiger partial charge in [0.2, 0.25) is 11.8 Å². The summed E-state index contributed by atoms with van der Waals surface area (Å²) in [6.07, 6.45) is 0. The number of rotatable bonds is 6. The lowest BCUT2D eigenvalue weighted by molar-refractivity contribution is -0.120. The van der Waals surface area contributed by atoms with Crippen molar-refractivity contribution in [3.63, 3.8) is 0 Å². The smallest absolute Gasteiger partial charge is 0.261 e. The molecular formula is C17H19N3O3S. The molecule has 0 saturated heterocycles. The lowest BCUT2D eigenvalue weighted by atomic mass is 10.2. The highest BCUT2D eigenvalue weighted by Crippen LogP contribution is 2.14. The molecular weight excluding hydrogens is 326 g/mol. The number of thiophene rings is 1. The van der Waals surface area contributed by atoms with Crippen LogP contribution in [0.3, 0.4) is 0 Å². The highest BCUT2D eigenvalue weighted by molar-refractivity contribution is 7.13. The molecule has 0 unspecified atom stereocenters. The van der Waals surface area contributed by atoms with Crippen molar-refractivity contribution in [3.05, 3.63) is 51.7 Å². The molecule has 0 aliphatic rings. The molecule has 3 amide bonds. The number of nitrogens with one attached hydrogen (secondary N) is 3. The van der Waals surface area contributed by atoms with Gasteiger partial charge >= 0.3 is 0 Å². The van der Waals surface area contributed by atoms with E-state index in [1.807, 2.05) is 25.1 Å². The molecule has 0 fully saturated rings. The standard InChI is InChI=1S/C17H19N3O3S/c1-11-3-8-15(24-11)17(23)19-10-16(22)18-9-13-4-6-14(7-5-13)20-12(2)21/h3-8H,9-10H2,1-2H3,(H,18,22)(H,19,23)(H,20,21). The van der Waals surface area contributed by atoms with Crippen LogP contribution in [-0.4, -0.2) is 24.3 Å². The van der Waals surface area contributed by atoms with E-state index in [1.54, 1.807) is 18.2 Å². The van der Waals surface area contributed by atoms with Gasteiger partial charge in [-0.25, -0.2) is 0 Å². The molecule has 2 rings (SSSR count). The van der Waals surface area contributed by atoms with Gasteiger partial charge in [0.05, 0.1) is 11.4 Å². The molecule has 1 aromatic heterocycles. The molecule has 1 heterocycles. The lowest BCUT2D eigenvalue weighted by Gasteiger charge is -2.07. The summed E-state index contributed by atoms with van der Waals surface area (Å²) in [7, 11) is 0. The van der Waals surface area contributed by atoms with Crippen LogP contribution >= 0.6 is 11.3 Å². The molecule has 1 aromatic carbocycles. The van der Waals surface area contributed by atoms with E-state index in [4.69, 9.17) is 0 Å². The zero-order chi connectivity index (χ0) is 17.5. The maximum atomic E-state index is 11.8. The molecule has 7 heteroatoms. The summed E-state index contributed by atoms with van der Waals surface area (Å²) in [5.41, 5.74) is 1.61. The Bertz CT molecular complexity index is 738. The zero-order valence-electron chi connectivity index (χ0n) is 13.5. The minimum Gasteiger partial charge on any atom is -0.350 e. The maximum absolute atomic E-state index is 11.8. The van der Waals surface area contributed by atoms with Crippen LogP contribution in [0.4, 0.5) is 5.69 Å². The summed E-state index contributed by atoms with van der Waals surface area (Å²) in [6, 6.07) is 10.8. The zero-order valence-corrected chi connectivity index (χ0v) is 14.3. The molecule has 0 radical (unpaired) electrons. The first-order valence-electron chi connectivity index (χ1n) is 7.42. The van der Waals surface area contributed by atoms with E-state index in [1.165, 1.54) is 18.3 Å². The predicted molar refractivity (Wildman–Crippen MR) is 94.0 cm³/mol. The Morgan fingerprint density at radius 2 is 1.71 bits per heavy atom.